The first-order chi connectivity index (χ1) is 13.3. The fourth-order valence-electron chi connectivity index (χ4n) is 2.17. The van der Waals surface area contributed by atoms with Crippen LogP contribution in [0, 0.1) is 0 Å². The Morgan fingerprint density at radius 3 is 1.46 bits per heavy atom. The van der Waals surface area contributed by atoms with Crippen molar-refractivity contribution in [1.82, 2.24) is 0 Å². The standard InChI is InChI=1S/C11H14O3.C11H12O3/c2*1-3-14-11(13)10-6-4-9(5-7-10)8(2)12/h4-8,12H,3H2,1-2H3;4-7H,3H2,1-2H3/t8-;/m1./s1. The summed E-state index contributed by atoms with van der Waals surface area (Å²) in [5, 5.41) is 9.24. The fourth-order valence-corrected chi connectivity index (χ4v) is 2.17. The monoisotopic (exact) mass is 386 g/mol. The summed E-state index contributed by atoms with van der Waals surface area (Å²) in [4.78, 5) is 33.4. The maximum Gasteiger partial charge on any atom is 0.338 e. The third kappa shape index (κ3) is 7.32. The number of benzene rings is 2. The Balaban J connectivity index is 0.000000280. The molecule has 2 rings (SSSR count). The number of Topliss-reactive ketones (excluding diaryl/α,β-unsaturated/α-hetero) is 1. The second-order valence-electron chi connectivity index (χ2n) is 5.87. The zero-order chi connectivity index (χ0) is 21.1. The minimum Gasteiger partial charge on any atom is -0.462 e. The van der Waals surface area contributed by atoms with Crippen molar-refractivity contribution in [2.45, 2.75) is 33.8 Å². The van der Waals surface area contributed by atoms with Gasteiger partial charge in [-0.25, -0.2) is 9.59 Å². The molecule has 0 aliphatic rings. The highest BCUT2D eigenvalue weighted by Crippen LogP contribution is 2.13. The molecule has 1 N–H and O–H groups in total. The first kappa shape index (κ1) is 23.0. The molecule has 0 aliphatic heterocycles. The van der Waals surface area contributed by atoms with Gasteiger partial charge in [0.25, 0.3) is 0 Å². The van der Waals surface area contributed by atoms with Crippen LogP contribution >= 0.6 is 0 Å². The molecule has 0 heterocycles. The number of ether oxygens (including phenoxy) is 2. The molecule has 0 bridgehead atoms. The van der Waals surface area contributed by atoms with Gasteiger partial charge in [0, 0.05) is 5.56 Å². The number of carbonyl (C=O) groups excluding carboxylic acids is 3. The quantitative estimate of drug-likeness (QED) is 0.596. The number of carbonyl (C=O) groups is 3. The summed E-state index contributed by atoms with van der Waals surface area (Å²) in [6, 6.07) is 13.2. The van der Waals surface area contributed by atoms with Crippen molar-refractivity contribution in [3.63, 3.8) is 0 Å². The summed E-state index contributed by atoms with van der Waals surface area (Å²) in [5.74, 6) is -0.701. The lowest BCUT2D eigenvalue weighted by molar-refractivity contribution is 0.0516. The fraction of sp³-hybridized carbons (Fsp3) is 0.318. The highest BCUT2D eigenvalue weighted by molar-refractivity contribution is 5.96. The molecular weight excluding hydrogens is 360 g/mol. The van der Waals surface area contributed by atoms with E-state index in [0.29, 0.717) is 29.9 Å². The third-order valence-electron chi connectivity index (χ3n) is 3.71. The number of hydrogen-bond acceptors (Lipinski definition) is 6. The van der Waals surface area contributed by atoms with Crippen LogP contribution in [0.25, 0.3) is 0 Å². The van der Waals surface area contributed by atoms with Gasteiger partial charge in [0.05, 0.1) is 30.4 Å². The number of aliphatic hydroxyl groups is 1. The van der Waals surface area contributed by atoms with Crippen LogP contribution in [0.15, 0.2) is 48.5 Å². The molecule has 150 valence electrons. The van der Waals surface area contributed by atoms with Crippen molar-refractivity contribution in [1.29, 1.82) is 0 Å². The predicted molar refractivity (Wildman–Crippen MR) is 105 cm³/mol. The van der Waals surface area contributed by atoms with Crippen LogP contribution in [0.3, 0.4) is 0 Å². The first-order valence-electron chi connectivity index (χ1n) is 9.03. The van der Waals surface area contributed by atoms with Gasteiger partial charge in [-0.2, -0.15) is 0 Å². The zero-order valence-corrected chi connectivity index (χ0v) is 16.6. The molecule has 0 aromatic heterocycles. The van der Waals surface area contributed by atoms with Crippen LogP contribution in [0.2, 0.25) is 0 Å². The highest BCUT2D eigenvalue weighted by Gasteiger charge is 2.07. The molecule has 0 unspecified atom stereocenters. The molecule has 2 aromatic rings. The van der Waals surface area contributed by atoms with Crippen molar-refractivity contribution in [3.8, 4) is 0 Å². The van der Waals surface area contributed by atoms with E-state index in [1.807, 2.05) is 0 Å². The number of ketones is 1. The highest BCUT2D eigenvalue weighted by atomic mass is 16.5. The topological polar surface area (TPSA) is 89.9 Å². The van der Waals surface area contributed by atoms with E-state index in [4.69, 9.17) is 9.47 Å². The lowest BCUT2D eigenvalue weighted by Crippen LogP contribution is -2.04. The van der Waals surface area contributed by atoms with E-state index in [-0.39, 0.29) is 17.7 Å². The molecule has 0 spiro atoms. The van der Waals surface area contributed by atoms with Crippen molar-refractivity contribution in [3.05, 3.63) is 70.8 Å². The molecule has 1 atom stereocenters. The molecule has 2 aromatic carbocycles. The maximum absolute atomic E-state index is 11.2. The van der Waals surface area contributed by atoms with E-state index < -0.39 is 6.10 Å². The Bertz CT molecular complexity index is 776. The van der Waals surface area contributed by atoms with Crippen LogP contribution in [0.1, 0.15) is 70.4 Å². The number of rotatable bonds is 6. The molecule has 0 amide bonds. The zero-order valence-electron chi connectivity index (χ0n) is 16.6. The number of hydrogen-bond donors (Lipinski definition) is 1. The van der Waals surface area contributed by atoms with Gasteiger partial charge in [-0.15, -0.1) is 0 Å². The lowest BCUT2D eigenvalue weighted by Gasteiger charge is -2.05. The van der Waals surface area contributed by atoms with Crippen molar-refractivity contribution >= 4 is 17.7 Å². The van der Waals surface area contributed by atoms with Crippen LogP contribution in [-0.4, -0.2) is 36.0 Å². The third-order valence-corrected chi connectivity index (χ3v) is 3.71. The molecule has 28 heavy (non-hydrogen) atoms. The van der Waals surface area contributed by atoms with Gasteiger partial charge in [0.2, 0.25) is 0 Å². The molecular formula is C22H26O6. The van der Waals surface area contributed by atoms with Gasteiger partial charge in [0.1, 0.15) is 0 Å². The summed E-state index contributed by atoms with van der Waals surface area (Å²) in [6.07, 6.45) is -0.508. The minimum atomic E-state index is -0.508. The maximum atomic E-state index is 11.2. The molecule has 0 aliphatic carbocycles. The molecule has 0 fully saturated rings. The van der Waals surface area contributed by atoms with Gasteiger partial charge in [-0.05, 0) is 57.5 Å². The summed E-state index contributed by atoms with van der Waals surface area (Å²) >= 11 is 0. The summed E-state index contributed by atoms with van der Waals surface area (Å²) in [7, 11) is 0. The summed E-state index contributed by atoms with van der Waals surface area (Å²) < 4.78 is 9.63. The van der Waals surface area contributed by atoms with Gasteiger partial charge in [-0.3, -0.25) is 4.79 Å². The summed E-state index contributed by atoms with van der Waals surface area (Å²) in [5.41, 5.74) is 2.36. The molecule has 6 nitrogen and oxygen atoms in total. The van der Waals surface area contributed by atoms with Gasteiger partial charge >= 0.3 is 11.9 Å². The summed E-state index contributed by atoms with van der Waals surface area (Å²) in [6.45, 7) is 7.41. The lowest BCUT2D eigenvalue weighted by atomic mass is 10.1. The van der Waals surface area contributed by atoms with Crippen molar-refractivity contribution < 1.29 is 29.0 Å². The van der Waals surface area contributed by atoms with Gasteiger partial charge in [0.15, 0.2) is 5.78 Å². The van der Waals surface area contributed by atoms with E-state index in [0.717, 1.165) is 5.56 Å². The minimum absolute atomic E-state index is 0.0135. The molecule has 0 radical (unpaired) electrons. The van der Waals surface area contributed by atoms with E-state index in [1.165, 1.54) is 6.92 Å². The Hall–Kier alpha value is -2.99. The number of aliphatic hydroxyl groups excluding tert-OH is 1. The molecule has 0 saturated carbocycles. The van der Waals surface area contributed by atoms with Crippen LogP contribution in [0.4, 0.5) is 0 Å². The van der Waals surface area contributed by atoms with Crippen molar-refractivity contribution in [2.75, 3.05) is 13.2 Å². The Labute approximate surface area is 165 Å². The molecule has 6 heteroatoms. The Kier molecular flexibility index (Phi) is 9.60. The Morgan fingerprint density at radius 2 is 1.14 bits per heavy atom. The smallest absolute Gasteiger partial charge is 0.338 e. The van der Waals surface area contributed by atoms with Crippen molar-refractivity contribution in [2.24, 2.45) is 0 Å². The van der Waals surface area contributed by atoms with Crippen LogP contribution < -0.4 is 0 Å². The molecule has 0 saturated heterocycles. The Morgan fingerprint density at radius 1 is 0.786 bits per heavy atom. The van der Waals surface area contributed by atoms with Crippen LogP contribution in [-0.2, 0) is 9.47 Å². The SMILES string of the molecule is CCOC(=O)c1ccc(C(C)=O)cc1.CCOC(=O)c1ccc([C@@H](C)O)cc1. The first-order valence-corrected chi connectivity index (χ1v) is 9.03. The predicted octanol–water partition coefficient (Wildman–Crippen LogP) is 3.98. The van der Waals surface area contributed by atoms with E-state index in [1.54, 1.807) is 69.3 Å². The average molecular weight is 386 g/mol. The second-order valence-corrected chi connectivity index (χ2v) is 5.87. The van der Waals surface area contributed by atoms with Gasteiger partial charge < -0.3 is 14.6 Å². The van der Waals surface area contributed by atoms with E-state index in [2.05, 4.69) is 0 Å². The normalized spacial score (nSPS) is 10.9. The second kappa shape index (κ2) is 11.7. The van der Waals surface area contributed by atoms with Gasteiger partial charge in [-0.1, -0.05) is 24.3 Å². The van der Waals surface area contributed by atoms with E-state index >= 15 is 0 Å². The largest absolute Gasteiger partial charge is 0.462 e. The van der Waals surface area contributed by atoms with E-state index in [9.17, 15) is 19.5 Å². The average Bonchev–Trinajstić information content (AvgIpc) is 2.69. The van der Waals surface area contributed by atoms with Crippen LogP contribution in [0.5, 0.6) is 0 Å². The number of esters is 2.